The largest absolute Gasteiger partial charge is 0.497 e. The molecule has 0 spiro atoms. The van der Waals surface area contributed by atoms with Crippen molar-refractivity contribution in [3.63, 3.8) is 0 Å². The third kappa shape index (κ3) is 3.10. The Labute approximate surface area is 159 Å². The second kappa shape index (κ2) is 7.22. The fourth-order valence-corrected chi connectivity index (χ4v) is 3.84. The average Bonchev–Trinajstić information content (AvgIpc) is 3.15. The number of piperidine rings is 1. The molecule has 0 unspecified atom stereocenters. The standard InChI is InChI=1S/C21H19F3N2O2/c1-28-13-2-5-18-15(10-13)16(11-25-18)12-6-8-26(9-7-12)21(27)14-3-4-17(22)20(24)19(14)23/h2-5,10-12,25H,6-9H2,1H3. The normalized spacial score (nSPS) is 15.2. The Kier molecular flexibility index (Phi) is 4.75. The van der Waals surface area contributed by atoms with Gasteiger partial charge in [-0.2, -0.15) is 0 Å². The van der Waals surface area contributed by atoms with E-state index in [1.165, 1.54) is 4.90 Å². The first-order chi connectivity index (χ1) is 13.5. The number of carbonyl (C=O) groups is 1. The van der Waals surface area contributed by atoms with Crippen LogP contribution in [0.3, 0.4) is 0 Å². The number of aromatic amines is 1. The summed E-state index contributed by atoms with van der Waals surface area (Å²) in [5.74, 6) is -3.96. The molecule has 28 heavy (non-hydrogen) atoms. The van der Waals surface area contributed by atoms with Crippen LogP contribution < -0.4 is 4.74 Å². The summed E-state index contributed by atoms with van der Waals surface area (Å²) in [4.78, 5) is 17.3. The molecule has 4 nitrogen and oxygen atoms in total. The summed E-state index contributed by atoms with van der Waals surface area (Å²) in [6.45, 7) is 0.831. The number of ether oxygens (including phenoxy) is 1. The van der Waals surface area contributed by atoms with Crippen molar-refractivity contribution >= 4 is 16.8 Å². The van der Waals surface area contributed by atoms with Gasteiger partial charge in [0, 0.05) is 30.2 Å². The Hall–Kier alpha value is -2.96. The Morgan fingerprint density at radius 2 is 1.86 bits per heavy atom. The molecule has 3 aromatic rings. The smallest absolute Gasteiger partial charge is 0.256 e. The topological polar surface area (TPSA) is 45.3 Å². The summed E-state index contributed by atoms with van der Waals surface area (Å²) >= 11 is 0. The van der Waals surface area contributed by atoms with Crippen molar-refractivity contribution in [1.29, 1.82) is 0 Å². The van der Waals surface area contributed by atoms with Gasteiger partial charge in [0.25, 0.3) is 5.91 Å². The van der Waals surface area contributed by atoms with E-state index in [2.05, 4.69) is 4.98 Å². The van der Waals surface area contributed by atoms with Gasteiger partial charge in [-0.3, -0.25) is 4.79 Å². The van der Waals surface area contributed by atoms with Crippen LogP contribution in [0.2, 0.25) is 0 Å². The van der Waals surface area contributed by atoms with Gasteiger partial charge in [-0.15, -0.1) is 0 Å². The number of likely N-dealkylation sites (tertiary alicyclic amines) is 1. The number of rotatable bonds is 3. The fraction of sp³-hybridized carbons (Fsp3) is 0.286. The molecule has 0 atom stereocenters. The molecule has 1 saturated heterocycles. The van der Waals surface area contributed by atoms with Gasteiger partial charge >= 0.3 is 0 Å². The van der Waals surface area contributed by atoms with Crippen molar-refractivity contribution in [2.24, 2.45) is 0 Å². The van der Waals surface area contributed by atoms with Gasteiger partial charge in [-0.1, -0.05) is 0 Å². The maximum absolute atomic E-state index is 13.9. The molecule has 7 heteroatoms. The number of methoxy groups -OCH3 is 1. The predicted octanol–water partition coefficient (Wildman–Crippen LogP) is 4.61. The van der Waals surface area contributed by atoms with Gasteiger partial charge < -0.3 is 14.6 Å². The summed E-state index contributed by atoms with van der Waals surface area (Å²) in [6.07, 6.45) is 3.36. The third-order valence-electron chi connectivity index (χ3n) is 5.41. The highest BCUT2D eigenvalue weighted by Gasteiger charge is 2.28. The van der Waals surface area contributed by atoms with Crippen molar-refractivity contribution in [1.82, 2.24) is 9.88 Å². The van der Waals surface area contributed by atoms with Gasteiger partial charge in [0.2, 0.25) is 0 Å². The number of halogens is 3. The summed E-state index contributed by atoms with van der Waals surface area (Å²) in [6, 6.07) is 7.60. The van der Waals surface area contributed by atoms with E-state index in [0.29, 0.717) is 25.9 Å². The van der Waals surface area contributed by atoms with Crippen LogP contribution in [0.1, 0.15) is 34.7 Å². The van der Waals surface area contributed by atoms with Crippen LogP contribution in [0, 0.1) is 17.5 Å². The van der Waals surface area contributed by atoms with Crippen LogP contribution in [0.4, 0.5) is 13.2 Å². The number of hydrogen-bond donors (Lipinski definition) is 1. The Bertz CT molecular complexity index is 1040. The van der Waals surface area contributed by atoms with E-state index in [0.717, 1.165) is 34.3 Å². The third-order valence-corrected chi connectivity index (χ3v) is 5.41. The lowest BCUT2D eigenvalue weighted by Gasteiger charge is -2.32. The number of hydrogen-bond acceptors (Lipinski definition) is 2. The Balaban J connectivity index is 1.51. The lowest BCUT2D eigenvalue weighted by Crippen LogP contribution is -2.38. The van der Waals surface area contributed by atoms with Gasteiger partial charge in [-0.25, -0.2) is 13.2 Å². The molecule has 146 valence electrons. The molecule has 1 aromatic heterocycles. The molecular formula is C21H19F3N2O2. The maximum atomic E-state index is 13.9. The SMILES string of the molecule is COc1ccc2[nH]cc(C3CCN(C(=O)c4ccc(F)c(F)c4F)CC3)c2c1. The van der Waals surface area contributed by atoms with E-state index < -0.39 is 28.9 Å². The first-order valence-corrected chi connectivity index (χ1v) is 9.07. The molecule has 2 aromatic carbocycles. The van der Waals surface area contributed by atoms with Gasteiger partial charge in [-0.05, 0) is 54.7 Å². The lowest BCUT2D eigenvalue weighted by molar-refractivity contribution is 0.0707. The van der Waals surface area contributed by atoms with Crippen molar-refractivity contribution < 1.29 is 22.7 Å². The van der Waals surface area contributed by atoms with Crippen molar-refractivity contribution in [3.05, 3.63) is 65.1 Å². The van der Waals surface area contributed by atoms with E-state index in [1.54, 1.807) is 7.11 Å². The zero-order valence-corrected chi connectivity index (χ0v) is 15.3. The van der Waals surface area contributed by atoms with Crippen LogP contribution in [-0.2, 0) is 0 Å². The summed E-state index contributed by atoms with van der Waals surface area (Å²) in [5, 5.41) is 1.08. The molecule has 1 aliphatic heterocycles. The van der Waals surface area contributed by atoms with Crippen LogP contribution in [0.25, 0.3) is 10.9 Å². The number of aromatic nitrogens is 1. The van der Waals surface area contributed by atoms with Crippen LogP contribution in [-0.4, -0.2) is 36.0 Å². The molecule has 1 N–H and O–H groups in total. The van der Waals surface area contributed by atoms with E-state index in [9.17, 15) is 18.0 Å². The molecule has 0 radical (unpaired) electrons. The molecule has 4 rings (SSSR count). The predicted molar refractivity (Wildman–Crippen MR) is 99.0 cm³/mol. The molecular weight excluding hydrogens is 369 g/mol. The number of H-pyrrole nitrogens is 1. The van der Waals surface area contributed by atoms with Crippen LogP contribution >= 0.6 is 0 Å². The number of nitrogens with one attached hydrogen (secondary N) is 1. The zero-order valence-electron chi connectivity index (χ0n) is 15.3. The minimum Gasteiger partial charge on any atom is -0.497 e. The van der Waals surface area contributed by atoms with Gasteiger partial charge in [0.05, 0.1) is 12.7 Å². The number of carbonyl (C=O) groups excluding carboxylic acids is 1. The second-order valence-corrected chi connectivity index (χ2v) is 6.94. The van der Waals surface area contributed by atoms with Crippen molar-refractivity contribution in [2.45, 2.75) is 18.8 Å². The number of amides is 1. The second-order valence-electron chi connectivity index (χ2n) is 6.94. The van der Waals surface area contributed by atoms with Crippen molar-refractivity contribution in [3.8, 4) is 5.75 Å². The van der Waals surface area contributed by atoms with Gasteiger partial charge in [0.15, 0.2) is 17.5 Å². The molecule has 0 bridgehead atoms. The summed E-state index contributed by atoms with van der Waals surface area (Å²) < 4.78 is 45.8. The van der Waals surface area contributed by atoms with Crippen LogP contribution in [0.5, 0.6) is 5.75 Å². The monoisotopic (exact) mass is 388 g/mol. The molecule has 1 aliphatic rings. The molecule has 0 saturated carbocycles. The van der Waals surface area contributed by atoms with Crippen molar-refractivity contribution in [2.75, 3.05) is 20.2 Å². The molecule has 2 heterocycles. The lowest BCUT2D eigenvalue weighted by atomic mass is 9.89. The molecule has 0 aliphatic carbocycles. The van der Waals surface area contributed by atoms with Crippen LogP contribution in [0.15, 0.2) is 36.5 Å². The highest BCUT2D eigenvalue weighted by atomic mass is 19.2. The number of nitrogens with zero attached hydrogens (tertiary/aromatic N) is 1. The minimum atomic E-state index is -1.62. The van der Waals surface area contributed by atoms with Gasteiger partial charge in [0.1, 0.15) is 5.75 Å². The fourth-order valence-electron chi connectivity index (χ4n) is 3.84. The summed E-state index contributed by atoms with van der Waals surface area (Å²) in [7, 11) is 1.62. The Morgan fingerprint density at radius 1 is 1.11 bits per heavy atom. The quantitative estimate of drug-likeness (QED) is 0.666. The maximum Gasteiger partial charge on any atom is 0.256 e. The highest BCUT2D eigenvalue weighted by Crippen LogP contribution is 2.35. The zero-order chi connectivity index (χ0) is 19.8. The van der Waals surface area contributed by atoms with E-state index in [4.69, 9.17) is 4.74 Å². The summed E-state index contributed by atoms with van der Waals surface area (Å²) in [5.41, 5.74) is 1.73. The highest BCUT2D eigenvalue weighted by molar-refractivity contribution is 5.94. The van der Waals surface area contributed by atoms with E-state index >= 15 is 0 Å². The van der Waals surface area contributed by atoms with E-state index in [1.807, 2.05) is 24.4 Å². The molecule has 1 amide bonds. The average molecular weight is 388 g/mol. The number of fused-ring (bicyclic) bond motifs is 1. The number of benzene rings is 2. The molecule has 1 fully saturated rings. The first kappa shape index (κ1) is 18.4. The van der Waals surface area contributed by atoms with E-state index in [-0.39, 0.29) is 5.92 Å². The Morgan fingerprint density at radius 3 is 2.57 bits per heavy atom. The first-order valence-electron chi connectivity index (χ1n) is 9.07. The minimum absolute atomic E-state index is 0.236.